The summed E-state index contributed by atoms with van der Waals surface area (Å²) in [5.74, 6) is -1.11. The van der Waals surface area contributed by atoms with Crippen molar-refractivity contribution in [2.24, 2.45) is 5.92 Å². The van der Waals surface area contributed by atoms with Crippen LogP contribution in [0.5, 0.6) is 0 Å². The fourth-order valence-corrected chi connectivity index (χ4v) is 2.16. The highest BCUT2D eigenvalue weighted by molar-refractivity contribution is 9.10. The Bertz CT molecular complexity index is 679. The molecule has 10 heteroatoms. The number of halogens is 4. The summed E-state index contributed by atoms with van der Waals surface area (Å²) in [7, 11) is 0. The lowest BCUT2D eigenvalue weighted by Crippen LogP contribution is -2.26. The summed E-state index contributed by atoms with van der Waals surface area (Å²) in [6.07, 6.45) is -1.40. The highest BCUT2D eigenvalue weighted by Gasteiger charge is 2.38. The van der Waals surface area contributed by atoms with E-state index in [-0.39, 0.29) is 17.9 Å². The predicted octanol–water partition coefficient (Wildman–Crippen LogP) is 2.97. The molecule has 0 aromatic carbocycles. The fourth-order valence-electron chi connectivity index (χ4n) is 1.84. The Morgan fingerprint density at radius 3 is 2.77 bits per heavy atom. The van der Waals surface area contributed by atoms with E-state index in [0.717, 1.165) is 4.47 Å². The van der Waals surface area contributed by atoms with Crippen LogP contribution in [-0.2, 0) is 17.5 Å². The van der Waals surface area contributed by atoms with Crippen LogP contribution in [0, 0.1) is 12.8 Å². The first-order valence-corrected chi connectivity index (χ1v) is 7.08. The minimum Gasteiger partial charge on any atom is -0.322 e. The molecule has 0 aliphatic carbocycles. The van der Waals surface area contributed by atoms with Gasteiger partial charge in [0.15, 0.2) is 5.69 Å². The number of rotatable bonds is 4. The molecule has 2 heterocycles. The predicted molar refractivity (Wildman–Crippen MR) is 76.0 cm³/mol. The van der Waals surface area contributed by atoms with Crippen molar-refractivity contribution in [3.8, 4) is 0 Å². The molecule has 1 unspecified atom stereocenters. The zero-order valence-electron chi connectivity index (χ0n) is 11.7. The summed E-state index contributed by atoms with van der Waals surface area (Å²) in [5, 5.41) is 11.7. The topological polar surface area (TPSA) is 75.6 Å². The van der Waals surface area contributed by atoms with Crippen molar-refractivity contribution < 1.29 is 18.0 Å². The molecule has 2 aromatic heterocycles. The van der Waals surface area contributed by atoms with Gasteiger partial charge in [-0.25, -0.2) is 0 Å². The van der Waals surface area contributed by atoms with E-state index >= 15 is 0 Å². The quantitative estimate of drug-likeness (QED) is 0.857. The van der Waals surface area contributed by atoms with Crippen LogP contribution in [0.4, 0.5) is 18.9 Å². The minimum absolute atomic E-state index is 0.148. The van der Waals surface area contributed by atoms with E-state index in [0.29, 0.717) is 0 Å². The molecular weight excluding hydrogens is 367 g/mol. The van der Waals surface area contributed by atoms with Crippen molar-refractivity contribution >= 4 is 27.5 Å². The highest BCUT2D eigenvalue weighted by Crippen LogP contribution is 2.34. The Hall–Kier alpha value is -1.84. The second kappa shape index (κ2) is 6.11. The number of nitrogens with zero attached hydrogens (tertiary/aromatic N) is 3. The highest BCUT2D eigenvalue weighted by atomic mass is 79.9. The van der Waals surface area contributed by atoms with Crippen LogP contribution >= 0.6 is 15.9 Å². The van der Waals surface area contributed by atoms with Crippen LogP contribution in [0.1, 0.15) is 18.3 Å². The summed E-state index contributed by atoms with van der Waals surface area (Å²) in [6, 6.07) is 0. The molecular formula is C12H13BrF3N5O. The number of H-pyrrole nitrogens is 1. The molecule has 2 N–H and O–H groups in total. The molecule has 22 heavy (non-hydrogen) atoms. The molecule has 0 fully saturated rings. The van der Waals surface area contributed by atoms with Gasteiger partial charge in [-0.3, -0.25) is 14.6 Å². The molecule has 0 spiro atoms. The minimum atomic E-state index is -4.64. The van der Waals surface area contributed by atoms with Crippen molar-refractivity contribution in [3.63, 3.8) is 0 Å². The SMILES string of the molecule is Cc1[nH]nc(C(F)(F)F)c1NC(=O)C(C)Cn1cc(Br)cn1. The standard InChI is InChI=1S/C12H13BrF3N5O/c1-6(4-21-5-8(13)3-17-21)11(22)18-9-7(2)19-20-10(9)12(14,15)16/h3,5-6H,4H2,1-2H3,(H,18,22)(H,19,20). The van der Waals surface area contributed by atoms with Crippen molar-refractivity contribution in [2.45, 2.75) is 26.6 Å². The van der Waals surface area contributed by atoms with Gasteiger partial charge in [-0.05, 0) is 22.9 Å². The number of carbonyl (C=O) groups is 1. The number of aromatic amines is 1. The Morgan fingerprint density at radius 2 is 2.23 bits per heavy atom. The molecule has 1 amide bonds. The average Bonchev–Trinajstić information content (AvgIpc) is 2.96. The molecule has 0 radical (unpaired) electrons. The van der Waals surface area contributed by atoms with Crippen molar-refractivity contribution in [1.82, 2.24) is 20.0 Å². The van der Waals surface area contributed by atoms with E-state index in [1.165, 1.54) is 11.6 Å². The first-order chi connectivity index (χ1) is 10.2. The van der Waals surface area contributed by atoms with Crippen LogP contribution < -0.4 is 5.32 Å². The van der Waals surface area contributed by atoms with Gasteiger partial charge < -0.3 is 5.32 Å². The molecule has 0 bridgehead atoms. The Balaban J connectivity index is 2.10. The molecule has 0 saturated carbocycles. The van der Waals surface area contributed by atoms with Crippen LogP contribution in [-0.4, -0.2) is 25.9 Å². The maximum atomic E-state index is 12.8. The number of hydrogen-bond acceptors (Lipinski definition) is 3. The summed E-state index contributed by atoms with van der Waals surface area (Å²) in [6.45, 7) is 3.26. The number of aryl methyl sites for hydroxylation is 1. The van der Waals surface area contributed by atoms with E-state index in [1.54, 1.807) is 19.3 Å². The summed E-state index contributed by atoms with van der Waals surface area (Å²) >= 11 is 3.23. The number of carbonyl (C=O) groups excluding carboxylic acids is 1. The molecule has 6 nitrogen and oxygen atoms in total. The summed E-state index contributed by atoms with van der Waals surface area (Å²) in [5.41, 5.74) is -1.33. The van der Waals surface area contributed by atoms with Crippen LogP contribution in [0.3, 0.4) is 0 Å². The smallest absolute Gasteiger partial charge is 0.322 e. The van der Waals surface area contributed by atoms with Gasteiger partial charge >= 0.3 is 6.18 Å². The van der Waals surface area contributed by atoms with Crippen molar-refractivity contribution in [2.75, 3.05) is 5.32 Å². The lowest BCUT2D eigenvalue weighted by Gasteiger charge is -2.13. The lowest BCUT2D eigenvalue weighted by molar-refractivity contribution is -0.140. The van der Waals surface area contributed by atoms with Gasteiger partial charge in [0.2, 0.25) is 5.91 Å². The number of anilines is 1. The van der Waals surface area contributed by atoms with Crippen molar-refractivity contribution in [1.29, 1.82) is 0 Å². The zero-order chi connectivity index (χ0) is 16.5. The molecule has 0 aliphatic rings. The number of amides is 1. The van der Waals surface area contributed by atoms with Gasteiger partial charge in [-0.15, -0.1) is 0 Å². The maximum Gasteiger partial charge on any atom is 0.437 e. The fraction of sp³-hybridized carbons (Fsp3) is 0.417. The third-order valence-corrected chi connectivity index (χ3v) is 3.38. The van der Waals surface area contributed by atoms with Gasteiger partial charge in [0.1, 0.15) is 0 Å². The number of nitrogens with one attached hydrogen (secondary N) is 2. The molecule has 0 aliphatic heterocycles. The first-order valence-electron chi connectivity index (χ1n) is 6.29. The van der Waals surface area contributed by atoms with E-state index in [1.807, 2.05) is 0 Å². The van der Waals surface area contributed by atoms with Crippen LogP contribution in [0.15, 0.2) is 16.9 Å². The number of alkyl halides is 3. The van der Waals surface area contributed by atoms with Crippen LogP contribution in [0.2, 0.25) is 0 Å². The third kappa shape index (κ3) is 3.67. The normalized spacial score (nSPS) is 13.2. The lowest BCUT2D eigenvalue weighted by atomic mass is 10.1. The molecule has 2 rings (SSSR count). The van der Waals surface area contributed by atoms with Crippen LogP contribution in [0.25, 0.3) is 0 Å². The van der Waals surface area contributed by atoms with E-state index in [2.05, 4.69) is 36.5 Å². The van der Waals surface area contributed by atoms with Gasteiger partial charge in [0.05, 0.1) is 34.5 Å². The average molecular weight is 380 g/mol. The van der Waals surface area contributed by atoms with Gasteiger partial charge in [-0.2, -0.15) is 23.4 Å². The largest absolute Gasteiger partial charge is 0.437 e. The first kappa shape index (κ1) is 16.5. The molecule has 0 saturated heterocycles. The Labute approximate surface area is 132 Å². The zero-order valence-corrected chi connectivity index (χ0v) is 13.3. The van der Waals surface area contributed by atoms with E-state index in [9.17, 15) is 18.0 Å². The second-order valence-corrected chi connectivity index (χ2v) is 5.76. The molecule has 2 aromatic rings. The van der Waals surface area contributed by atoms with Gasteiger partial charge in [0, 0.05) is 6.20 Å². The number of aromatic nitrogens is 4. The van der Waals surface area contributed by atoms with E-state index in [4.69, 9.17) is 0 Å². The number of hydrogen-bond donors (Lipinski definition) is 2. The Morgan fingerprint density at radius 1 is 1.55 bits per heavy atom. The van der Waals surface area contributed by atoms with Gasteiger partial charge in [-0.1, -0.05) is 6.92 Å². The second-order valence-electron chi connectivity index (χ2n) is 4.84. The third-order valence-electron chi connectivity index (χ3n) is 2.97. The maximum absolute atomic E-state index is 12.8. The molecule has 120 valence electrons. The summed E-state index contributed by atoms with van der Waals surface area (Å²) < 4.78 is 40.7. The van der Waals surface area contributed by atoms with Gasteiger partial charge in [0.25, 0.3) is 0 Å². The van der Waals surface area contributed by atoms with Crippen molar-refractivity contribution in [3.05, 3.63) is 28.3 Å². The Kier molecular flexibility index (Phi) is 4.59. The monoisotopic (exact) mass is 379 g/mol. The molecule has 1 atom stereocenters. The van der Waals surface area contributed by atoms with E-state index < -0.39 is 23.7 Å². The summed E-state index contributed by atoms with van der Waals surface area (Å²) in [4.78, 5) is 12.1.